The number of nitro groups is 1. The van der Waals surface area contributed by atoms with Crippen molar-refractivity contribution in [3.63, 3.8) is 0 Å². The van der Waals surface area contributed by atoms with Gasteiger partial charge in [-0.05, 0) is 51.1 Å². The molecular formula is C15H12BrN3O2. The molecule has 1 aromatic heterocycles. The molecule has 106 valence electrons. The lowest BCUT2D eigenvalue weighted by Crippen LogP contribution is -2.00. The highest BCUT2D eigenvalue weighted by Gasteiger charge is 2.11. The van der Waals surface area contributed by atoms with Crippen molar-refractivity contribution >= 4 is 38.2 Å². The Balaban J connectivity index is 1.75. The highest BCUT2D eigenvalue weighted by Crippen LogP contribution is 2.28. The highest BCUT2D eigenvalue weighted by molar-refractivity contribution is 9.10. The number of H-pyrrole nitrogens is 1. The van der Waals surface area contributed by atoms with Crippen LogP contribution in [0, 0.1) is 10.1 Å². The van der Waals surface area contributed by atoms with Gasteiger partial charge >= 0.3 is 0 Å². The Kier molecular flexibility index (Phi) is 3.62. The Hall–Kier alpha value is -2.34. The van der Waals surface area contributed by atoms with E-state index >= 15 is 0 Å². The van der Waals surface area contributed by atoms with E-state index in [1.54, 1.807) is 12.1 Å². The predicted octanol–water partition coefficient (Wildman–Crippen LogP) is 4.45. The Labute approximate surface area is 129 Å². The maximum absolute atomic E-state index is 10.8. The van der Waals surface area contributed by atoms with Crippen LogP contribution < -0.4 is 5.32 Å². The van der Waals surface area contributed by atoms with Gasteiger partial charge in [0.05, 0.1) is 9.40 Å². The van der Waals surface area contributed by atoms with E-state index in [0.717, 1.165) is 16.8 Å². The molecule has 0 atom stereocenters. The number of fused-ring (bicyclic) bond motifs is 1. The summed E-state index contributed by atoms with van der Waals surface area (Å²) in [7, 11) is 0. The largest absolute Gasteiger partial charge is 0.381 e. The summed E-state index contributed by atoms with van der Waals surface area (Å²) in [5.41, 5.74) is 3.13. The second-order valence-electron chi connectivity index (χ2n) is 4.68. The van der Waals surface area contributed by atoms with Crippen LogP contribution in [0.4, 0.5) is 11.4 Å². The van der Waals surface area contributed by atoms with Gasteiger partial charge in [-0.15, -0.1) is 0 Å². The van der Waals surface area contributed by atoms with Crippen LogP contribution in [-0.4, -0.2) is 9.91 Å². The fourth-order valence-corrected chi connectivity index (χ4v) is 2.70. The standard InChI is InChI=1S/C15H12BrN3O2/c16-13-8-12(3-4-15(13)19(20)21)18-9-10-1-2-11-5-6-17-14(11)7-10/h1-8,17-18H,9H2. The molecule has 2 aromatic carbocycles. The number of hydrogen-bond acceptors (Lipinski definition) is 3. The molecular weight excluding hydrogens is 334 g/mol. The van der Waals surface area contributed by atoms with E-state index < -0.39 is 4.92 Å². The van der Waals surface area contributed by atoms with Gasteiger partial charge in [-0.25, -0.2) is 0 Å². The fourth-order valence-electron chi connectivity index (χ4n) is 2.17. The van der Waals surface area contributed by atoms with Gasteiger partial charge in [0.25, 0.3) is 5.69 Å². The van der Waals surface area contributed by atoms with Crippen molar-refractivity contribution in [2.45, 2.75) is 6.54 Å². The fraction of sp³-hybridized carbons (Fsp3) is 0.0667. The number of nitro benzene ring substituents is 1. The van der Waals surface area contributed by atoms with Crippen LogP contribution in [-0.2, 0) is 6.54 Å². The number of aromatic amines is 1. The van der Waals surface area contributed by atoms with Crippen LogP contribution in [0.15, 0.2) is 53.1 Å². The number of aromatic nitrogens is 1. The summed E-state index contributed by atoms with van der Waals surface area (Å²) in [6.45, 7) is 0.652. The molecule has 0 saturated heterocycles. The van der Waals surface area contributed by atoms with Crippen molar-refractivity contribution in [2.75, 3.05) is 5.32 Å². The number of nitrogens with zero attached hydrogens (tertiary/aromatic N) is 1. The average molecular weight is 346 g/mol. The molecule has 0 aliphatic rings. The molecule has 0 saturated carbocycles. The Morgan fingerprint density at radius 1 is 1.19 bits per heavy atom. The average Bonchev–Trinajstić information content (AvgIpc) is 2.92. The summed E-state index contributed by atoms with van der Waals surface area (Å²) in [6, 6.07) is 13.1. The molecule has 0 amide bonds. The molecule has 0 aliphatic carbocycles. The molecule has 0 bridgehead atoms. The maximum atomic E-state index is 10.8. The van der Waals surface area contributed by atoms with Crippen molar-refractivity contribution in [1.29, 1.82) is 0 Å². The molecule has 2 N–H and O–H groups in total. The van der Waals surface area contributed by atoms with Gasteiger partial charge in [-0.3, -0.25) is 10.1 Å². The zero-order valence-electron chi connectivity index (χ0n) is 11.0. The smallest absolute Gasteiger partial charge is 0.283 e. The first-order valence-corrected chi connectivity index (χ1v) is 7.16. The highest BCUT2D eigenvalue weighted by atomic mass is 79.9. The second-order valence-corrected chi connectivity index (χ2v) is 5.53. The molecule has 0 aliphatic heterocycles. The van der Waals surface area contributed by atoms with E-state index in [1.165, 1.54) is 11.5 Å². The Bertz CT molecular complexity index is 814. The molecule has 5 nitrogen and oxygen atoms in total. The summed E-state index contributed by atoms with van der Waals surface area (Å²) in [5.74, 6) is 0. The number of rotatable bonds is 4. The number of benzene rings is 2. The first-order valence-electron chi connectivity index (χ1n) is 6.37. The third-order valence-corrected chi connectivity index (χ3v) is 3.90. The molecule has 6 heteroatoms. The third-order valence-electron chi connectivity index (χ3n) is 3.26. The van der Waals surface area contributed by atoms with Gasteiger partial charge < -0.3 is 10.3 Å². The SMILES string of the molecule is O=[N+]([O-])c1ccc(NCc2ccc3cc[nH]c3c2)cc1Br. The van der Waals surface area contributed by atoms with Crippen molar-refractivity contribution in [2.24, 2.45) is 0 Å². The number of anilines is 1. The van der Waals surface area contributed by atoms with E-state index in [-0.39, 0.29) is 5.69 Å². The van der Waals surface area contributed by atoms with Crippen LogP contribution in [0.2, 0.25) is 0 Å². The lowest BCUT2D eigenvalue weighted by atomic mass is 10.1. The summed E-state index contributed by atoms with van der Waals surface area (Å²) < 4.78 is 0.470. The first-order chi connectivity index (χ1) is 10.1. The number of halogens is 1. The van der Waals surface area contributed by atoms with Gasteiger partial charge in [0.1, 0.15) is 0 Å². The minimum absolute atomic E-state index is 0.0633. The molecule has 0 radical (unpaired) electrons. The molecule has 21 heavy (non-hydrogen) atoms. The van der Waals surface area contributed by atoms with Gasteiger partial charge in [0, 0.05) is 30.0 Å². The Morgan fingerprint density at radius 3 is 2.81 bits per heavy atom. The van der Waals surface area contributed by atoms with Crippen molar-refractivity contribution < 1.29 is 4.92 Å². The van der Waals surface area contributed by atoms with Gasteiger partial charge in [0.15, 0.2) is 0 Å². The quantitative estimate of drug-likeness (QED) is 0.542. The van der Waals surface area contributed by atoms with Gasteiger partial charge in [0.2, 0.25) is 0 Å². The monoisotopic (exact) mass is 345 g/mol. The third kappa shape index (κ3) is 2.90. The Morgan fingerprint density at radius 2 is 2.05 bits per heavy atom. The summed E-state index contributed by atoms with van der Waals surface area (Å²) in [6.07, 6.45) is 1.91. The van der Waals surface area contributed by atoms with E-state index in [2.05, 4.69) is 44.4 Å². The lowest BCUT2D eigenvalue weighted by Gasteiger charge is -2.07. The minimum Gasteiger partial charge on any atom is -0.381 e. The van der Waals surface area contributed by atoms with Crippen LogP contribution >= 0.6 is 15.9 Å². The van der Waals surface area contributed by atoms with Crippen LogP contribution in [0.25, 0.3) is 10.9 Å². The molecule has 0 spiro atoms. The summed E-state index contributed by atoms with van der Waals surface area (Å²) in [5, 5.41) is 15.2. The molecule has 3 aromatic rings. The molecule has 3 rings (SSSR count). The van der Waals surface area contributed by atoms with Crippen molar-refractivity contribution in [3.05, 3.63) is 68.8 Å². The van der Waals surface area contributed by atoms with E-state index in [0.29, 0.717) is 11.0 Å². The van der Waals surface area contributed by atoms with E-state index in [4.69, 9.17) is 0 Å². The number of nitrogens with one attached hydrogen (secondary N) is 2. The second kappa shape index (κ2) is 5.57. The van der Waals surface area contributed by atoms with Crippen LogP contribution in [0.1, 0.15) is 5.56 Å². The summed E-state index contributed by atoms with van der Waals surface area (Å²) >= 11 is 3.21. The lowest BCUT2D eigenvalue weighted by molar-refractivity contribution is -0.385. The normalized spacial score (nSPS) is 10.7. The van der Waals surface area contributed by atoms with Crippen LogP contribution in [0.5, 0.6) is 0 Å². The molecule has 0 fully saturated rings. The molecule has 1 heterocycles. The van der Waals surface area contributed by atoms with Crippen LogP contribution in [0.3, 0.4) is 0 Å². The maximum Gasteiger partial charge on any atom is 0.283 e. The summed E-state index contributed by atoms with van der Waals surface area (Å²) in [4.78, 5) is 13.5. The number of hydrogen-bond donors (Lipinski definition) is 2. The molecule has 0 unspecified atom stereocenters. The predicted molar refractivity (Wildman–Crippen MR) is 86.4 cm³/mol. The van der Waals surface area contributed by atoms with Crippen molar-refractivity contribution in [1.82, 2.24) is 4.98 Å². The van der Waals surface area contributed by atoms with E-state index in [9.17, 15) is 10.1 Å². The first kappa shape index (κ1) is 13.6. The van der Waals surface area contributed by atoms with E-state index in [1.807, 2.05) is 12.3 Å². The zero-order valence-corrected chi connectivity index (χ0v) is 12.6. The topological polar surface area (TPSA) is 71.0 Å². The van der Waals surface area contributed by atoms with Crippen molar-refractivity contribution in [3.8, 4) is 0 Å². The minimum atomic E-state index is -0.410. The van der Waals surface area contributed by atoms with Gasteiger partial charge in [-0.1, -0.05) is 12.1 Å². The van der Waals surface area contributed by atoms with Gasteiger partial charge in [-0.2, -0.15) is 0 Å². The zero-order chi connectivity index (χ0) is 14.8.